The highest BCUT2D eigenvalue weighted by Gasteiger charge is 2.21. The maximum atomic E-state index is 13.3. The summed E-state index contributed by atoms with van der Waals surface area (Å²) in [4.78, 5) is 39.7. The molecule has 144 valence electrons. The summed E-state index contributed by atoms with van der Waals surface area (Å²) in [5, 5.41) is 14.6. The van der Waals surface area contributed by atoms with Crippen LogP contribution in [0.5, 0.6) is 0 Å². The number of carbonyl (C=O) groups is 3. The molecule has 2 rings (SSSR count). The lowest BCUT2D eigenvalue weighted by molar-refractivity contribution is -0.142. The highest BCUT2D eigenvalue weighted by Crippen LogP contribution is 2.17. The zero-order chi connectivity index (χ0) is 20.1. The van der Waals surface area contributed by atoms with Gasteiger partial charge in [0.1, 0.15) is 11.9 Å². The third kappa shape index (κ3) is 5.47. The van der Waals surface area contributed by atoms with Gasteiger partial charge >= 0.3 is 5.97 Å². The fourth-order valence-electron chi connectivity index (χ4n) is 2.66. The van der Waals surface area contributed by atoms with Gasteiger partial charge in [0.15, 0.2) is 0 Å². The molecule has 0 radical (unpaired) electrons. The number of benzene rings is 1. The van der Waals surface area contributed by atoms with Crippen LogP contribution in [-0.4, -0.2) is 40.5 Å². The summed E-state index contributed by atoms with van der Waals surface area (Å²) < 4.78 is 13.3. The summed E-state index contributed by atoms with van der Waals surface area (Å²) in [5.41, 5.74) is 1.09. The SMILES string of the molecule is Cc1nc2cc(F)ccc2cc1C(=O)NCC(=O)N[C@@H](CC(C)C)C(=O)O. The van der Waals surface area contributed by atoms with E-state index in [1.807, 2.05) is 13.8 Å². The molecule has 1 heterocycles. The van der Waals surface area contributed by atoms with Crippen LogP contribution in [-0.2, 0) is 9.59 Å². The number of aliphatic carboxylic acids is 1. The van der Waals surface area contributed by atoms with Crippen LogP contribution in [0.4, 0.5) is 4.39 Å². The number of carbonyl (C=O) groups excluding carboxylic acids is 2. The number of carboxylic acids is 1. The summed E-state index contributed by atoms with van der Waals surface area (Å²) in [6.45, 7) is 4.96. The number of rotatable bonds is 7. The Morgan fingerprint density at radius 1 is 1.22 bits per heavy atom. The maximum absolute atomic E-state index is 13.3. The molecular formula is C19H22FN3O4. The van der Waals surface area contributed by atoms with E-state index in [0.29, 0.717) is 23.0 Å². The predicted octanol–water partition coefficient (Wildman–Crippen LogP) is 2.03. The minimum Gasteiger partial charge on any atom is -0.480 e. The maximum Gasteiger partial charge on any atom is 0.326 e. The quantitative estimate of drug-likeness (QED) is 0.686. The number of nitrogens with one attached hydrogen (secondary N) is 2. The minimum atomic E-state index is -1.12. The van der Waals surface area contributed by atoms with Crippen LogP contribution in [0.25, 0.3) is 10.9 Å². The van der Waals surface area contributed by atoms with Crippen molar-refractivity contribution >= 4 is 28.7 Å². The topological polar surface area (TPSA) is 108 Å². The van der Waals surface area contributed by atoms with E-state index >= 15 is 0 Å². The van der Waals surface area contributed by atoms with Gasteiger partial charge in [-0.05, 0) is 37.5 Å². The summed E-state index contributed by atoms with van der Waals surface area (Å²) in [5.74, 6) is -2.55. The number of amides is 2. The summed E-state index contributed by atoms with van der Waals surface area (Å²) in [7, 11) is 0. The molecule has 1 aromatic carbocycles. The molecule has 27 heavy (non-hydrogen) atoms. The molecule has 1 aromatic heterocycles. The Labute approximate surface area is 156 Å². The van der Waals surface area contributed by atoms with Crippen molar-refractivity contribution in [1.82, 2.24) is 15.6 Å². The van der Waals surface area contributed by atoms with Crippen LogP contribution < -0.4 is 10.6 Å². The second-order valence-corrected chi connectivity index (χ2v) is 6.73. The predicted molar refractivity (Wildman–Crippen MR) is 97.8 cm³/mol. The van der Waals surface area contributed by atoms with Gasteiger partial charge in [0.2, 0.25) is 5.91 Å². The Balaban J connectivity index is 2.03. The molecule has 0 saturated carbocycles. The van der Waals surface area contributed by atoms with Crippen molar-refractivity contribution in [3.05, 3.63) is 41.3 Å². The number of hydrogen-bond donors (Lipinski definition) is 3. The van der Waals surface area contributed by atoms with Gasteiger partial charge in [-0.15, -0.1) is 0 Å². The number of aromatic nitrogens is 1. The Kier molecular flexibility index (Phi) is 6.44. The molecular weight excluding hydrogens is 353 g/mol. The third-order valence-electron chi connectivity index (χ3n) is 3.96. The van der Waals surface area contributed by atoms with Gasteiger partial charge in [-0.1, -0.05) is 13.8 Å². The van der Waals surface area contributed by atoms with Crippen LogP contribution in [0.3, 0.4) is 0 Å². The first-order valence-electron chi connectivity index (χ1n) is 8.54. The van der Waals surface area contributed by atoms with Crippen molar-refractivity contribution in [1.29, 1.82) is 0 Å². The summed E-state index contributed by atoms with van der Waals surface area (Å²) >= 11 is 0. The molecule has 8 heteroatoms. The normalized spacial score (nSPS) is 12.0. The van der Waals surface area contributed by atoms with Gasteiger partial charge in [0.25, 0.3) is 5.91 Å². The van der Waals surface area contributed by atoms with Crippen LogP contribution in [0.15, 0.2) is 24.3 Å². The van der Waals surface area contributed by atoms with Crippen LogP contribution in [0.2, 0.25) is 0 Å². The number of pyridine rings is 1. The van der Waals surface area contributed by atoms with Crippen molar-refractivity contribution in [2.75, 3.05) is 6.54 Å². The Bertz CT molecular complexity index is 883. The summed E-state index contributed by atoms with van der Waals surface area (Å²) in [6, 6.07) is 4.63. The highest BCUT2D eigenvalue weighted by molar-refractivity contribution is 6.00. The second-order valence-electron chi connectivity index (χ2n) is 6.73. The Hall–Kier alpha value is -3.03. The summed E-state index contributed by atoms with van der Waals surface area (Å²) in [6.07, 6.45) is 0.291. The number of fused-ring (bicyclic) bond motifs is 1. The first-order chi connectivity index (χ1) is 12.7. The van der Waals surface area contributed by atoms with Gasteiger partial charge in [-0.3, -0.25) is 14.6 Å². The van der Waals surface area contributed by atoms with E-state index in [0.717, 1.165) is 0 Å². The fraction of sp³-hybridized carbons (Fsp3) is 0.368. The number of aryl methyl sites for hydroxylation is 1. The molecule has 3 N–H and O–H groups in total. The van der Waals surface area contributed by atoms with Gasteiger partial charge in [-0.2, -0.15) is 0 Å². The minimum absolute atomic E-state index is 0.0946. The lowest BCUT2D eigenvalue weighted by atomic mass is 10.0. The average molecular weight is 375 g/mol. The van der Waals surface area contributed by atoms with Crippen LogP contribution in [0, 0.1) is 18.7 Å². The van der Waals surface area contributed by atoms with E-state index in [1.165, 1.54) is 18.2 Å². The molecule has 0 fully saturated rings. The first kappa shape index (κ1) is 20.3. The Morgan fingerprint density at radius 2 is 1.93 bits per heavy atom. The van der Waals surface area contributed by atoms with E-state index < -0.39 is 29.6 Å². The molecule has 7 nitrogen and oxygen atoms in total. The molecule has 0 aliphatic carbocycles. The lowest BCUT2D eigenvalue weighted by Crippen LogP contribution is -2.46. The average Bonchev–Trinajstić information content (AvgIpc) is 2.57. The molecule has 0 spiro atoms. The first-order valence-corrected chi connectivity index (χ1v) is 8.54. The molecule has 0 unspecified atom stereocenters. The van der Waals surface area contributed by atoms with Crippen molar-refractivity contribution in [2.24, 2.45) is 5.92 Å². The zero-order valence-electron chi connectivity index (χ0n) is 15.4. The third-order valence-corrected chi connectivity index (χ3v) is 3.96. The van der Waals surface area contributed by atoms with Crippen LogP contribution in [0.1, 0.15) is 36.3 Å². The lowest BCUT2D eigenvalue weighted by Gasteiger charge is -2.16. The van der Waals surface area contributed by atoms with Gasteiger partial charge in [0.05, 0.1) is 23.3 Å². The number of hydrogen-bond acceptors (Lipinski definition) is 4. The highest BCUT2D eigenvalue weighted by atomic mass is 19.1. The second kappa shape index (κ2) is 8.57. The Morgan fingerprint density at radius 3 is 2.56 bits per heavy atom. The number of nitrogens with zero attached hydrogens (tertiary/aromatic N) is 1. The van der Waals surface area contributed by atoms with E-state index in [-0.39, 0.29) is 18.0 Å². The van der Waals surface area contributed by atoms with E-state index in [9.17, 15) is 18.8 Å². The smallest absolute Gasteiger partial charge is 0.326 e. The number of halogens is 1. The number of carboxylic acid groups (broad SMARTS) is 1. The van der Waals surface area contributed by atoms with E-state index in [2.05, 4.69) is 15.6 Å². The molecule has 2 amide bonds. The molecule has 1 atom stereocenters. The molecule has 0 aliphatic rings. The van der Waals surface area contributed by atoms with Crippen LogP contribution >= 0.6 is 0 Å². The van der Waals surface area contributed by atoms with E-state index in [1.54, 1.807) is 13.0 Å². The fourth-order valence-corrected chi connectivity index (χ4v) is 2.66. The van der Waals surface area contributed by atoms with Crippen molar-refractivity contribution in [2.45, 2.75) is 33.2 Å². The van der Waals surface area contributed by atoms with Gasteiger partial charge < -0.3 is 15.7 Å². The van der Waals surface area contributed by atoms with E-state index in [4.69, 9.17) is 5.11 Å². The van der Waals surface area contributed by atoms with Crippen molar-refractivity contribution in [3.63, 3.8) is 0 Å². The molecule has 0 saturated heterocycles. The standard InChI is InChI=1S/C19H22FN3O4/c1-10(2)6-16(19(26)27)23-17(24)9-21-18(25)14-7-12-4-5-13(20)8-15(12)22-11(14)3/h4-5,7-8,10,16H,6,9H2,1-3H3,(H,21,25)(H,23,24)(H,26,27)/t16-/m0/s1. The van der Waals surface area contributed by atoms with Gasteiger partial charge in [0, 0.05) is 11.5 Å². The zero-order valence-corrected chi connectivity index (χ0v) is 15.4. The molecule has 0 bridgehead atoms. The monoisotopic (exact) mass is 375 g/mol. The molecule has 2 aromatic rings. The molecule has 0 aliphatic heterocycles. The van der Waals surface area contributed by atoms with Crippen molar-refractivity contribution in [3.8, 4) is 0 Å². The van der Waals surface area contributed by atoms with Crippen molar-refractivity contribution < 1.29 is 23.9 Å². The van der Waals surface area contributed by atoms with Gasteiger partial charge in [-0.25, -0.2) is 9.18 Å². The largest absolute Gasteiger partial charge is 0.480 e.